The van der Waals surface area contributed by atoms with Gasteiger partial charge in [0.15, 0.2) is 5.78 Å². The molecule has 0 aromatic rings. The van der Waals surface area contributed by atoms with Gasteiger partial charge in [-0.15, -0.1) is 0 Å². The van der Waals surface area contributed by atoms with Crippen molar-refractivity contribution in [3.05, 3.63) is 11.6 Å². The SMILES string of the molecule is CO/N=C(\C)[C@H]1CC[C@@]2(O)C3=CC(=O)[C@@H]4C[C@@H](O)[C@@H](O)C[C@]4(C)C3CC[C@]12C. The highest BCUT2D eigenvalue weighted by atomic mass is 16.6. The molecule has 4 aliphatic rings. The average molecular weight is 392 g/mol. The lowest BCUT2D eigenvalue weighted by Crippen LogP contribution is -2.60. The van der Waals surface area contributed by atoms with E-state index in [2.05, 4.69) is 19.0 Å². The summed E-state index contributed by atoms with van der Waals surface area (Å²) >= 11 is 0. The van der Waals surface area contributed by atoms with Crippen molar-refractivity contribution in [2.45, 2.75) is 77.1 Å². The molecule has 0 aliphatic heterocycles. The second-order valence-corrected chi connectivity index (χ2v) is 10.0. The quantitative estimate of drug-likeness (QED) is 0.495. The van der Waals surface area contributed by atoms with Gasteiger partial charge in [-0.05, 0) is 68.4 Å². The Labute approximate surface area is 166 Å². The van der Waals surface area contributed by atoms with Crippen molar-refractivity contribution in [2.75, 3.05) is 7.11 Å². The minimum Gasteiger partial charge on any atom is -0.399 e. The van der Waals surface area contributed by atoms with Gasteiger partial charge in [0.05, 0.1) is 23.5 Å². The van der Waals surface area contributed by atoms with Crippen molar-refractivity contribution < 1.29 is 25.0 Å². The van der Waals surface area contributed by atoms with Crippen molar-refractivity contribution in [1.82, 2.24) is 0 Å². The lowest BCUT2D eigenvalue weighted by molar-refractivity contribution is -0.151. The van der Waals surface area contributed by atoms with Crippen LogP contribution in [0.5, 0.6) is 0 Å². The molecule has 0 saturated heterocycles. The van der Waals surface area contributed by atoms with Crippen LogP contribution in [0.15, 0.2) is 16.8 Å². The van der Waals surface area contributed by atoms with Gasteiger partial charge in [0.25, 0.3) is 0 Å². The summed E-state index contributed by atoms with van der Waals surface area (Å²) < 4.78 is 0. The third kappa shape index (κ3) is 2.44. The Morgan fingerprint density at radius 2 is 1.89 bits per heavy atom. The number of fused-ring (bicyclic) bond motifs is 5. The molecule has 0 amide bonds. The monoisotopic (exact) mass is 391 g/mol. The zero-order valence-electron chi connectivity index (χ0n) is 17.3. The molecule has 0 heterocycles. The van der Waals surface area contributed by atoms with Gasteiger partial charge in [-0.25, -0.2) is 0 Å². The van der Waals surface area contributed by atoms with Crippen molar-refractivity contribution in [2.24, 2.45) is 33.7 Å². The van der Waals surface area contributed by atoms with Crippen LogP contribution in [-0.4, -0.2) is 51.7 Å². The van der Waals surface area contributed by atoms with Gasteiger partial charge in [-0.2, -0.15) is 0 Å². The van der Waals surface area contributed by atoms with Crippen molar-refractivity contribution in [3.63, 3.8) is 0 Å². The van der Waals surface area contributed by atoms with Gasteiger partial charge in [0.1, 0.15) is 7.11 Å². The predicted octanol–water partition coefficient (Wildman–Crippen LogP) is 2.21. The number of carbonyl (C=O) groups excluding carboxylic acids is 1. The predicted molar refractivity (Wildman–Crippen MR) is 105 cm³/mol. The van der Waals surface area contributed by atoms with Crippen LogP contribution >= 0.6 is 0 Å². The number of aliphatic hydroxyl groups excluding tert-OH is 2. The van der Waals surface area contributed by atoms with Crippen molar-refractivity contribution >= 4 is 11.5 Å². The lowest BCUT2D eigenvalue weighted by atomic mass is 9.46. The number of allylic oxidation sites excluding steroid dienone is 1. The molecule has 156 valence electrons. The Balaban J connectivity index is 1.77. The van der Waals surface area contributed by atoms with Gasteiger partial charge < -0.3 is 20.2 Å². The van der Waals surface area contributed by atoms with E-state index >= 15 is 0 Å². The number of rotatable bonds is 2. The number of hydrogen-bond donors (Lipinski definition) is 3. The Hall–Kier alpha value is -1.24. The van der Waals surface area contributed by atoms with E-state index in [-0.39, 0.29) is 23.5 Å². The minimum atomic E-state index is -1.05. The Kier molecular flexibility index (Phi) is 4.57. The summed E-state index contributed by atoms with van der Waals surface area (Å²) in [5.74, 6) is -0.141. The van der Waals surface area contributed by atoms with E-state index in [1.54, 1.807) is 6.08 Å². The molecule has 8 atom stereocenters. The molecule has 0 aromatic heterocycles. The summed E-state index contributed by atoms with van der Waals surface area (Å²) in [4.78, 5) is 18.1. The number of oxime groups is 1. The van der Waals surface area contributed by atoms with Crippen molar-refractivity contribution in [1.29, 1.82) is 0 Å². The average Bonchev–Trinajstić information content (AvgIpc) is 2.90. The van der Waals surface area contributed by atoms with Crippen molar-refractivity contribution in [3.8, 4) is 0 Å². The van der Waals surface area contributed by atoms with E-state index in [4.69, 9.17) is 4.84 Å². The highest BCUT2D eigenvalue weighted by Gasteiger charge is 2.66. The number of nitrogens with zero attached hydrogens (tertiary/aromatic N) is 1. The maximum Gasteiger partial charge on any atom is 0.159 e. The van der Waals surface area contributed by atoms with Crippen LogP contribution in [0.3, 0.4) is 0 Å². The second kappa shape index (κ2) is 6.38. The van der Waals surface area contributed by atoms with Crippen LogP contribution in [0.2, 0.25) is 0 Å². The molecule has 6 heteroatoms. The third-order valence-corrected chi connectivity index (χ3v) is 8.86. The summed E-state index contributed by atoms with van der Waals surface area (Å²) in [7, 11) is 1.54. The summed E-state index contributed by atoms with van der Waals surface area (Å²) in [6.45, 7) is 6.14. The van der Waals surface area contributed by atoms with Crippen LogP contribution < -0.4 is 0 Å². The van der Waals surface area contributed by atoms with Crippen LogP contribution in [0.25, 0.3) is 0 Å². The van der Waals surface area contributed by atoms with E-state index in [0.717, 1.165) is 30.5 Å². The van der Waals surface area contributed by atoms with E-state index in [1.807, 2.05) is 6.92 Å². The highest BCUT2D eigenvalue weighted by molar-refractivity contribution is 5.95. The van der Waals surface area contributed by atoms with Gasteiger partial charge in [-0.1, -0.05) is 19.0 Å². The van der Waals surface area contributed by atoms with Gasteiger partial charge in [0, 0.05) is 17.3 Å². The van der Waals surface area contributed by atoms with E-state index < -0.39 is 28.6 Å². The van der Waals surface area contributed by atoms with Gasteiger partial charge in [-0.3, -0.25) is 4.79 Å². The standard InChI is InChI=1S/C22H33NO5/c1-12(23-28-4)13-6-8-22(27)15-9-17(24)16-10-18(25)19(26)11-20(16,2)14(15)5-7-21(13,22)3/h9,13-14,16,18-19,25-27H,5-8,10-11H2,1-4H3/b23-12+/t13-,14?,16+,18-,19+,20-,21-,22-/m1/s1. The first-order valence-electron chi connectivity index (χ1n) is 10.5. The summed E-state index contributed by atoms with van der Waals surface area (Å²) in [6.07, 6.45) is 3.83. The Bertz CT molecular complexity index is 747. The fraction of sp³-hybridized carbons (Fsp3) is 0.818. The minimum absolute atomic E-state index is 0.0110. The van der Waals surface area contributed by atoms with Crippen LogP contribution in [-0.2, 0) is 9.63 Å². The number of hydrogen-bond acceptors (Lipinski definition) is 6. The van der Waals surface area contributed by atoms with Crippen LogP contribution in [0.1, 0.15) is 59.3 Å². The first-order valence-corrected chi connectivity index (χ1v) is 10.5. The molecule has 3 saturated carbocycles. The highest BCUT2D eigenvalue weighted by Crippen LogP contribution is 2.67. The van der Waals surface area contributed by atoms with Gasteiger partial charge >= 0.3 is 0 Å². The zero-order chi connectivity index (χ0) is 20.5. The molecule has 4 aliphatic carbocycles. The summed E-state index contributed by atoms with van der Waals surface area (Å²) in [6, 6.07) is 0. The topological polar surface area (TPSA) is 99.4 Å². The number of carbonyl (C=O) groups is 1. The van der Waals surface area contributed by atoms with Gasteiger partial charge in [0.2, 0.25) is 0 Å². The van der Waals surface area contributed by atoms with E-state index in [1.165, 1.54) is 7.11 Å². The number of ketones is 1. The molecule has 28 heavy (non-hydrogen) atoms. The molecule has 3 fully saturated rings. The molecule has 0 aromatic carbocycles. The largest absolute Gasteiger partial charge is 0.399 e. The third-order valence-electron chi connectivity index (χ3n) is 8.86. The van der Waals surface area contributed by atoms with E-state index in [9.17, 15) is 20.1 Å². The Morgan fingerprint density at radius 1 is 1.18 bits per heavy atom. The first kappa shape index (κ1) is 20.0. The molecule has 4 rings (SSSR count). The van der Waals surface area contributed by atoms with Crippen LogP contribution in [0, 0.1) is 28.6 Å². The van der Waals surface area contributed by atoms with Crippen LogP contribution in [0.4, 0.5) is 0 Å². The summed E-state index contributed by atoms with van der Waals surface area (Å²) in [5.41, 5.74) is -0.123. The molecule has 0 spiro atoms. The molecule has 6 nitrogen and oxygen atoms in total. The maximum atomic E-state index is 13.1. The smallest absolute Gasteiger partial charge is 0.159 e. The molecule has 1 unspecified atom stereocenters. The summed E-state index contributed by atoms with van der Waals surface area (Å²) in [5, 5.41) is 36.6. The Morgan fingerprint density at radius 3 is 2.57 bits per heavy atom. The molecular weight excluding hydrogens is 358 g/mol. The molecule has 3 N–H and O–H groups in total. The number of aliphatic hydroxyl groups is 3. The zero-order valence-corrected chi connectivity index (χ0v) is 17.3. The fourth-order valence-corrected chi connectivity index (χ4v) is 7.25. The molecule has 0 bridgehead atoms. The molecule has 0 radical (unpaired) electrons. The second-order valence-electron chi connectivity index (χ2n) is 10.0. The van der Waals surface area contributed by atoms with E-state index in [0.29, 0.717) is 19.3 Å². The maximum absolute atomic E-state index is 13.1. The normalized spacial score (nSPS) is 51.1. The fourth-order valence-electron chi connectivity index (χ4n) is 7.25. The lowest BCUT2D eigenvalue weighted by Gasteiger charge is -2.59. The first-order chi connectivity index (χ1) is 13.1. The molecular formula is C22H33NO5.